The zero-order chi connectivity index (χ0) is 40.5. The highest BCUT2D eigenvalue weighted by atomic mass is 32.2. The molecule has 0 fully saturated rings. The molecule has 0 heterocycles. The lowest BCUT2D eigenvalue weighted by Crippen LogP contribution is -2.16. The quantitative estimate of drug-likeness (QED) is 0.156. The third kappa shape index (κ3) is 9.79. The summed E-state index contributed by atoms with van der Waals surface area (Å²) in [7, 11) is 0. The van der Waals surface area contributed by atoms with Gasteiger partial charge in [-0.15, -0.1) is 0 Å². The first-order chi connectivity index (χ1) is 26.3. The fourth-order valence-corrected chi connectivity index (χ4v) is 7.84. The van der Waals surface area contributed by atoms with Crippen molar-refractivity contribution in [2.24, 2.45) is 5.41 Å². The molecule has 0 radical (unpaired) electrons. The van der Waals surface area contributed by atoms with Crippen molar-refractivity contribution >= 4 is 40.2 Å². The van der Waals surface area contributed by atoms with Gasteiger partial charge in [0.15, 0.2) is 0 Å². The molecule has 56 heavy (non-hydrogen) atoms. The number of benzene rings is 5. The number of anilines is 5. The zero-order valence-corrected chi connectivity index (χ0v) is 36.7. The molecule has 0 N–H and O–H groups in total. The molecule has 0 saturated heterocycles. The van der Waals surface area contributed by atoms with Crippen LogP contribution in [-0.4, -0.2) is 0 Å². The molecule has 5 aromatic rings. The molecular weight excluding hydrogens is 697 g/mol. The van der Waals surface area contributed by atoms with Crippen LogP contribution in [0.4, 0.5) is 28.4 Å². The van der Waals surface area contributed by atoms with E-state index in [9.17, 15) is 0 Å². The summed E-state index contributed by atoms with van der Waals surface area (Å²) >= 11 is 1.80. The molecule has 0 spiro atoms. The van der Waals surface area contributed by atoms with Crippen LogP contribution in [0.25, 0.3) is 0 Å². The van der Waals surface area contributed by atoms with E-state index in [0.29, 0.717) is 0 Å². The monoisotopic (exact) mass is 758 g/mol. The normalized spacial score (nSPS) is 13.9. The van der Waals surface area contributed by atoms with Gasteiger partial charge in [0.1, 0.15) is 0 Å². The van der Waals surface area contributed by atoms with Crippen molar-refractivity contribution in [1.29, 1.82) is 0 Å². The van der Waals surface area contributed by atoms with Crippen molar-refractivity contribution in [2.75, 3.05) is 9.80 Å². The predicted molar refractivity (Wildman–Crippen MR) is 246 cm³/mol. The topological polar surface area (TPSA) is 6.48 Å². The van der Waals surface area contributed by atoms with Gasteiger partial charge < -0.3 is 9.80 Å². The third-order valence-corrected chi connectivity index (χ3v) is 11.6. The van der Waals surface area contributed by atoms with E-state index < -0.39 is 0 Å². The molecule has 290 valence electrons. The number of rotatable bonds is 8. The highest BCUT2D eigenvalue weighted by Crippen LogP contribution is 2.40. The number of allylic oxidation sites excluding steroid dienone is 5. The molecule has 5 aromatic carbocycles. The van der Waals surface area contributed by atoms with Gasteiger partial charge in [0, 0.05) is 43.9 Å². The van der Waals surface area contributed by atoms with E-state index in [1.54, 1.807) is 11.8 Å². The van der Waals surface area contributed by atoms with Crippen LogP contribution in [0.2, 0.25) is 0 Å². The molecule has 0 amide bonds. The van der Waals surface area contributed by atoms with Gasteiger partial charge in [-0.3, -0.25) is 0 Å². The highest BCUT2D eigenvalue weighted by molar-refractivity contribution is 7.99. The average Bonchev–Trinajstić information content (AvgIpc) is 3.40. The molecule has 0 atom stereocenters. The largest absolute Gasteiger partial charge is 0.311 e. The van der Waals surface area contributed by atoms with Gasteiger partial charge in [0.25, 0.3) is 0 Å². The molecule has 0 bridgehead atoms. The molecule has 0 aliphatic heterocycles. The lowest BCUT2D eigenvalue weighted by Gasteiger charge is -2.28. The van der Waals surface area contributed by atoms with Crippen LogP contribution in [0.3, 0.4) is 0 Å². The summed E-state index contributed by atoms with van der Waals surface area (Å²) in [6.07, 6.45) is 10.2. The van der Waals surface area contributed by atoms with Crippen LogP contribution in [-0.2, 0) is 16.2 Å². The van der Waals surface area contributed by atoms with Crippen molar-refractivity contribution in [1.82, 2.24) is 0 Å². The lowest BCUT2D eigenvalue weighted by molar-refractivity contribution is 0.515. The van der Waals surface area contributed by atoms with Crippen LogP contribution < -0.4 is 9.80 Å². The van der Waals surface area contributed by atoms with E-state index in [2.05, 4.69) is 239 Å². The van der Waals surface area contributed by atoms with E-state index in [0.717, 1.165) is 34.9 Å². The van der Waals surface area contributed by atoms with E-state index in [1.165, 1.54) is 37.8 Å². The Labute approximate surface area is 343 Å². The molecule has 0 aromatic heterocycles. The first-order valence-electron chi connectivity index (χ1n) is 20.2. The van der Waals surface area contributed by atoms with Crippen LogP contribution >= 0.6 is 11.8 Å². The smallest absolute Gasteiger partial charge is 0.0462 e. The molecule has 1 aliphatic rings. The zero-order valence-electron chi connectivity index (χ0n) is 35.9. The van der Waals surface area contributed by atoms with Crippen LogP contribution in [0.15, 0.2) is 167 Å². The van der Waals surface area contributed by atoms with E-state index in [1.807, 2.05) is 0 Å². The summed E-state index contributed by atoms with van der Waals surface area (Å²) in [5.74, 6) is 0. The minimum absolute atomic E-state index is 0.0984. The number of hydrogen-bond acceptors (Lipinski definition) is 3. The Morgan fingerprint density at radius 3 is 1.00 bits per heavy atom. The van der Waals surface area contributed by atoms with Gasteiger partial charge in [-0.2, -0.15) is 0 Å². The maximum atomic E-state index is 2.39. The Bertz CT molecular complexity index is 2110. The third-order valence-electron chi connectivity index (χ3n) is 10.6. The number of hydrogen-bond donors (Lipinski definition) is 0. The first kappa shape index (κ1) is 40.9. The Morgan fingerprint density at radius 2 is 0.679 bits per heavy atom. The molecule has 2 nitrogen and oxygen atoms in total. The van der Waals surface area contributed by atoms with Crippen molar-refractivity contribution in [3.8, 4) is 0 Å². The second kappa shape index (κ2) is 16.0. The molecular formula is C53H62N2S. The Balaban J connectivity index is 1.27. The molecule has 0 unspecified atom stereocenters. The summed E-state index contributed by atoms with van der Waals surface area (Å²) in [6, 6.07) is 45.2. The second-order valence-electron chi connectivity index (χ2n) is 19.3. The maximum absolute atomic E-state index is 2.39. The minimum Gasteiger partial charge on any atom is -0.311 e. The van der Waals surface area contributed by atoms with Gasteiger partial charge in [-0.1, -0.05) is 149 Å². The fraction of sp³-hybridized carbons (Fsp3) is 0.321. The molecule has 3 heteroatoms. The Hall–Kier alpha value is -4.73. The Kier molecular flexibility index (Phi) is 11.7. The highest BCUT2D eigenvalue weighted by Gasteiger charge is 2.21. The first-order valence-corrected chi connectivity index (χ1v) is 21.0. The minimum atomic E-state index is 0.0984. The fourth-order valence-electron chi connectivity index (χ4n) is 7.03. The van der Waals surface area contributed by atoms with E-state index in [4.69, 9.17) is 0 Å². The van der Waals surface area contributed by atoms with E-state index in [-0.39, 0.29) is 21.7 Å². The van der Waals surface area contributed by atoms with Crippen molar-refractivity contribution in [2.45, 2.75) is 116 Å². The van der Waals surface area contributed by atoms with Gasteiger partial charge in [-0.05, 0) is 141 Å². The van der Waals surface area contributed by atoms with Crippen LogP contribution in [0.5, 0.6) is 0 Å². The summed E-state index contributed by atoms with van der Waals surface area (Å²) in [5.41, 5.74) is 12.7. The van der Waals surface area contributed by atoms with Gasteiger partial charge in [0.05, 0.1) is 0 Å². The summed E-state index contributed by atoms with van der Waals surface area (Å²) < 4.78 is 0. The SMILES string of the molecule is CC(C)(C)C1=CCC=C(N(c2ccc(Sc3ccc(N(c4ccc(C(C)(C)C)cc4)c4ccc(C(C)(C)C)cc4)cc3)cc2)c2ccc(C(C)(C)C)cc2)C=C1. The lowest BCUT2D eigenvalue weighted by atomic mass is 9.86. The van der Waals surface area contributed by atoms with E-state index >= 15 is 0 Å². The predicted octanol–water partition coefficient (Wildman–Crippen LogP) is 16.2. The van der Waals surface area contributed by atoms with Gasteiger partial charge in [0.2, 0.25) is 0 Å². The molecule has 6 rings (SSSR count). The molecule has 1 aliphatic carbocycles. The summed E-state index contributed by atoms with van der Waals surface area (Å²) in [5, 5.41) is 0. The van der Waals surface area contributed by atoms with Crippen LogP contribution in [0.1, 0.15) is 106 Å². The van der Waals surface area contributed by atoms with Gasteiger partial charge >= 0.3 is 0 Å². The maximum Gasteiger partial charge on any atom is 0.0462 e. The average molecular weight is 759 g/mol. The number of nitrogens with zero attached hydrogens (tertiary/aromatic N) is 2. The summed E-state index contributed by atoms with van der Waals surface area (Å²) in [6.45, 7) is 27.3. The van der Waals surface area contributed by atoms with Crippen LogP contribution in [0, 0.1) is 5.41 Å². The van der Waals surface area contributed by atoms with Crippen molar-refractivity contribution in [3.63, 3.8) is 0 Å². The van der Waals surface area contributed by atoms with Crippen molar-refractivity contribution < 1.29 is 0 Å². The Morgan fingerprint density at radius 1 is 0.357 bits per heavy atom. The van der Waals surface area contributed by atoms with Crippen molar-refractivity contribution in [3.05, 3.63) is 174 Å². The summed E-state index contributed by atoms with van der Waals surface area (Å²) in [4.78, 5) is 7.17. The van der Waals surface area contributed by atoms with Gasteiger partial charge in [-0.25, -0.2) is 0 Å². The standard InChI is InChI=1S/C53H62N2S/c1-50(2,3)38-14-13-15-42(23-16-38)54(43-24-17-39(18-25-43)51(4,5)6)46-30-34-48(35-31-46)56-49-36-32-47(33-37-49)55(44-26-19-40(20-27-44)52(7,8)9)45-28-21-41(22-29-45)53(10,11)12/h14-37H,13H2,1-12H3. The molecule has 0 saturated carbocycles. The second-order valence-corrected chi connectivity index (χ2v) is 20.4.